The van der Waals surface area contributed by atoms with Crippen molar-refractivity contribution in [3.05, 3.63) is 40.0 Å². The van der Waals surface area contributed by atoms with Gasteiger partial charge < -0.3 is 4.74 Å². The van der Waals surface area contributed by atoms with E-state index < -0.39 is 0 Å². The van der Waals surface area contributed by atoms with Crippen molar-refractivity contribution >= 4 is 29.4 Å². The number of ether oxygens (including phenoxy) is 1. The van der Waals surface area contributed by atoms with Crippen LogP contribution < -0.4 is 4.74 Å². The smallest absolute Gasteiger partial charge is 0.373 e. The van der Waals surface area contributed by atoms with Crippen molar-refractivity contribution in [1.29, 1.82) is 0 Å². The van der Waals surface area contributed by atoms with E-state index in [0.717, 1.165) is 5.56 Å². The van der Waals surface area contributed by atoms with Crippen LogP contribution in [0, 0.1) is 0 Å². The molecule has 6 nitrogen and oxygen atoms in total. The number of hydrogen-bond donors (Lipinski definition) is 1. The van der Waals surface area contributed by atoms with Gasteiger partial charge >= 0.3 is 6.15 Å². The van der Waals surface area contributed by atoms with Gasteiger partial charge in [-0.15, -0.1) is 5.10 Å². The number of hydrogen-bond acceptors (Lipinski definition) is 5. The predicted octanol–water partition coefficient (Wildman–Crippen LogP) is 2.11. The Labute approximate surface area is 112 Å². The number of aromatic nitrogens is 3. The Kier molecular flexibility index (Phi) is 5.87. The summed E-state index contributed by atoms with van der Waals surface area (Å²) in [6, 6.07) is 5.32. The molecule has 1 aromatic carbocycles. The lowest BCUT2D eigenvalue weighted by atomic mass is 10.2. The minimum absolute atomic E-state index is 0.250. The molecule has 0 unspecified atom stereocenters. The highest BCUT2D eigenvalue weighted by Crippen LogP contribution is 2.22. The fourth-order valence-corrected chi connectivity index (χ4v) is 1.37. The minimum atomic E-state index is 0.250. The van der Waals surface area contributed by atoms with Gasteiger partial charge in [0.2, 0.25) is 0 Å². The molecule has 0 fully saturated rings. The molecule has 0 spiro atoms. The SMILES string of the molecule is Clc1ccc(COc2cn[nH]n2)cc1Cl.O=C=O. The van der Waals surface area contributed by atoms with E-state index in [-0.39, 0.29) is 6.15 Å². The van der Waals surface area contributed by atoms with Gasteiger partial charge in [0.15, 0.2) is 0 Å². The Morgan fingerprint density at radius 2 is 2.00 bits per heavy atom. The van der Waals surface area contributed by atoms with E-state index in [1.54, 1.807) is 12.1 Å². The molecule has 2 rings (SSSR count). The molecule has 0 aliphatic heterocycles. The van der Waals surface area contributed by atoms with Crippen LogP contribution in [0.2, 0.25) is 10.0 Å². The Hall–Kier alpha value is -1.88. The van der Waals surface area contributed by atoms with Crippen LogP contribution in [0.1, 0.15) is 5.56 Å². The third kappa shape index (κ3) is 4.55. The molecule has 2 aromatic rings. The van der Waals surface area contributed by atoms with Crippen molar-refractivity contribution in [1.82, 2.24) is 15.4 Å². The van der Waals surface area contributed by atoms with Crippen molar-refractivity contribution in [3.63, 3.8) is 0 Å². The first-order chi connectivity index (χ1) is 8.67. The van der Waals surface area contributed by atoms with Gasteiger partial charge in [-0.25, -0.2) is 0 Å². The van der Waals surface area contributed by atoms with Gasteiger partial charge in [0.05, 0.1) is 10.0 Å². The number of nitrogens with zero attached hydrogens (tertiary/aromatic N) is 2. The number of benzene rings is 1. The fraction of sp³-hybridized carbons (Fsp3) is 0.100. The molecule has 8 heteroatoms. The number of H-pyrrole nitrogens is 1. The zero-order valence-corrected chi connectivity index (χ0v) is 10.4. The van der Waals surface area contributed by atoms with Gasteiger partial charge in [-0.1, -0.05) is 29.3 Å². The highest BCUT2D eigenvalue weighted by molar-refractivity contribution is 6.42. The topological polar surface area (TPSA) is 84.9 Å². The maximum atomic E-state index is 8.12. The molecule has 0 saturated carbocycles. The molecule has 0 radical (unpaired) electrons. The first-order valence-corrected chi connectivity index (χ1v) is 5.34. The molecule has 0 aliphatic carbocycles. The molecule has 18 heavy (non-hydrogen) atoms. The average molecular weight is 288 g/mol. The maximum absolute atomic E-state index is 8.12. The highest BCUT2D eigenvalue weighted by atomic mass is 35.5. The van der Waals surface area contributed by atoms with E-state index in [1.807, 2.05) is 6.07 Å². The molecule has 0 saturated heterocycles. The largest absolute Gasteiger partial charge is 0.471 e. The third-order valence-corrected chi connectivity index (χ3v) is 2.50. The van der Waals surface area contributed by atoms with E-state index in [1.165, 1.54) is 6.20 Å². The summed E-state index contributed by atoms with van der Waals surface area (Å²) in [4.78, 5) is 16.2. The zero-order valence-electron chi connectivity index (χ0n) is 8.89. The van der Waals surface area contributed by atoms with Crippen molar-refractivity contribution in [2.45, 2.75) is 6.61 Å². The molecular weight excluding hydrogens is 281 g/mol. The maximum Gasteiger partial charge on any atom is 0.373 e. The molecular formula is C10H7Cl2N3O3. The lowest BCUT2D eigenvalue weighted by Gasteiger charge is -2.03. The summed E-state index contributed by atoms with van der Waals surface area (Å²) in [5.74, 6) is 0.445. The molecule has 1 heterocycles. The molecule has 94 valence electrons. The van der Waals surface area contributed by atoms with Crippen LogP contribution in [-0.4, -0.2) is 21.6 Å². The summed E-state index contributed by atoms with van der Waals surface area (Å²) in [6.45, 7) is 0.378. The van der Waals surface area contributed by atoms with Gasteiger partial charge in [0, 0.05) is 0 Å². The Morgan fingerprint density at radius 1 is 1.28 bits per heavy atom. The monoisotopic (exact) mass is 287 g/mol. The van der Waals surface area contributed by atoms with Crippen molar-refractivity contribution in [3.8, 4) is 5.88 Å². The van der Waals surface area contributed by atoms with Gasteiger partial charge in [0.1, 0.15) is 12.8 Å². The molecule has 1 N–H and O–H groups in total. The van der Waals surface area contributed by atoms with Crippen LogP contribution in [0.3, 0.4) is 0 Å². The van der Waals surface area contributed by atoms with E-state index in [2.05, 4.69) is 15.4 Å². The number of halogens is 2. The quantitative estimate of drug-likeness (QED) is 0.934. The second-order valence-electron chi connectivity index (χ2n) is 2.93. The summed E-state index contributed by atoms with van der Waals surface area (Å²) in [5.41, 5.74) is 0.924. The van der Waals surface area contributed by atoms with E-state index in [4.69, 9.17) is 37.5 Å². The summed E-state index contributed by atoms with van der Waals surface area (Å²) < 4.78 is 5.32. The van der Waals surface area contributed by atoms with Crippen LogP contribution in [-0.2, 0) is 16.2 Å². The summed E-state index contributed by atoms with van der Waals surface area (Å²) in [5, 5.41) is 10.9. The predicted molar refractivity (Wildman–Crippen MR) is 62.2 cm³/mol. The van der Waals surface area contributed by atoms with Gasteiger partial charge in [-0.3, -0.25) is 0 Å². The lowest BCUT2D eigenvalue weighted by Crippen LogP contribution is -1.95. The van der Waals surface area contributed by atoms with Crippen LogP contribution >= 0.6 is 23.2 Å². The van der Waals surface area contributed by atoms with E-state index in [0.29, 0.717) is 22.5 Å². The minimum Gasteiger partial charge on any atom is -0.471 e. The number of rotatable bonds is 3. The summed E-state index contributed by atoms with van der Waals surface area (Å²) in [7, 11) is 0. The standard InChI is InChI=1S/C9H7Cl2N3O.CO2/c10-7-2-1-6(3-8(7)11)5-15-9-4-12-14-13-9;2-1-3/h1-4H,5H2,(H,12,13,14);. The number of nitrogens with one attached hydrogen (secondary N) is 1. The second kappa shape index (κ2) is 7.45. The van der Waals surface area contributed by atoms with Crippen LogP contribution in [0.4, 0.5) is 0 Å². The molecule has 0 amide bonds. The second-order valence-corrected chi connectivity index (χ2v) is 3.74. The lowest BCUT2D eigenvalue weighted by molar-refractivity contribution is -0.191. The van der Waals surface area contributed by atoms with Crippen molar-refractivity contribution in [2.24, 2.45) is 0 Å². The Bertz CT molecular complexity index is 525. The number of aromatic amines is 1. The molecule has 0 bridgehead atoms. The summed E-state index contributed by atoms with van der Waals surface area (Å²) >= 11 is 11.6. The Morgan fingerprint density at radius 3 is 2.56 bits per heavy atom. The zero-order chi connectivity index (χ0) is 13.4. The Balaban J connectivity index is 0.000000492. The van der Waals surface area contributed by atoms with Crippen molar-refractivity contribution in [2.75, 3.05) is 0 Å². The van der Waals surface area contributed by atoms with Crippen LogP contribution in [0.15, 0.2) is 24.4 Å². The summed E-state index contributed by atoms with van der Waals surface area (Å²) in [6.07, 6.45) is 1.75. The van der Waals surface area contributed by atoms with Gasteiger partial charge in [-0.2, -0.15) is 19.9 Å². The normalized spacial score (nSPS) is 9.00. The first-order valence-electron chi connectivity index (χ1n) is 4.59. The van der Waals surface area contributed by atoms with Crippen molar-refractivity contribution < 1.29 is 14.3 Å². The fourth-order valence-electron chi connectivity index (χ4n) is 1.05. The van der Waals surface area contributed by atoms with Gasteiger partial charge in [0.25, 0.3) is 5.88 Å². The number of carbonyl (C=O) groups excluding carboxylic acids is 2. The molecule has 0 atom stereocenters. The molecule has 0 aliphatic rings. The van der Waals surface area contributed by atoms with E-state index in [9.17, 15) is 0 Å². The first kappa shape index (κ1) is 14.2. The van der Waals surface area contributed by atoms with Gasteiger partial charge in [-0.05, 0) is 17.7 Å². The van der Waals surface area contributed by atoms with Crippen LogP contribution in [0.5, 0.6) is 5.88 Å². The third-order valence-electron chi connectivity index (χ3n) is 1.76. The molecule has 1 aromatic heterocycles. The van der Waals surface area contributed by atoms with Crippen LogP contribution in [0.25, 0.3) is 0 Å². The van der Waals surface area contributed by atoms with E-state index >= 15 is 0 Å². The highest BCUT2D eigenvalue weighted by Gasteiger charge is 2.01. The average Bonchev–Trinajstić information content (AvgIpc) is 2.85.